The molecule has 0 fully saturated rings. The Morgan fingerprint density at radius 1 is 1.03 bits per heavy atom. The second-order valence-corrected chi connectivity index (χ2v) is 8.18. The summed E-state index contributed by atoms with van der Waals surface area (Å²) in [6.07, 6.45) is 1.28. The van der Waals surface area contributed by atoms with E-state index >= 15 is 0 Å². The zero-order valence-corrected chi connectivity index (χ0v) is 20.3. The summed E-state index contributed by atoms with van der Waals surface area (Å²) in [6.45, 7) is 4.72. The molecule has 0 saturated heterocycles. The van der Waals surface area contributed by atoms with Gasteiger partial charge in [0.25, 0.3) is 5.91 Å². The summed E-state index contributed by atoms with van der Waals surface area (Å²) in [5.74, 6) is 1.79. The van der Waals surface area contributed by atoms with E-state index < -0.39 is 0 Å². The Labute approximate surface area is 211 Å². The third kappa shape index (κ3) is 4.87. The van der Waals surface area contributed by atoms with Crippen LogP contribution in [0.25, 0.3) is 33.9 Å². The molecule has 0 aliphatic carbocycles. The number of carbonyl (C=O) groups is 1. The van der Waals surface area contributed by atoms with Crippen molar-refractivity contribution >= 4 is 34.2 Å². The van der Waals surface area contributed by atoms with Gasteiger partial charge in [0.05, 0.1) is 29.3 Å². The molecular formula is C26H22ClN5O4. The largest absolute Gasteiger partial charge is 0.494 e. The first kappa shape index (κ1) is 23.4. The molecule has 2 heterocycles. The van der Waals surface area contributed by atoms with E-state index in [1.807, 2.05) is 32.0 Å². The van der Waals surface area contributed by atoms with Gasteiger partial charge in [0.2, 0.25) is 12.3 Å². The summed E-state index contributed by atoms with van der Waals surface area (Å²) in [5.41, 5.74) is 3.91. The van der Waals surface area contributed by atoms with Crippen molar-refractivity contribution in [2.75, 3.05) is 18.5 Å². The van der Waals surface area contributed by atoms with Crippen LogP contribution in [0.3, 0.4) is 0 Å². The van der Waals surface area contributed by atoms with Gasteiger partial charge in [0.15, 0.2) is 0 Å². The van der Waals surface area contributed by atoms with E-state index in [-0.39, 0.29) is 5.91 Å². The van der Waals surface area contributed by atoms with E-state index in [2.05, 4.69) is 25.5 Å². The first-order valence-corrected chi connectivity index (χ1v) is 11.7. The maximum Gasteiger partial charge on any atom is 0.255 e. The zero-order valence-electron chi connectivity index (χ0n) is 19.5. The number of carbonyl (C=O) groups excluding carboxylic acids is 1. The van der Waals surface area contributed by atoms with Crippen molar-refractivity contribution in [1.29, 1.82) is 0 Å². The van der Waals surface area contributed by atoms with Crippen LogP contribution in [0, 0.1) is 0 Å². The van der Waals surface area contributed by atoms with Gasteiger partial charge in [0.1, 0.15) is 17.3 Å². The topological polar surface area (TPSA) is 115 Å². The van der Waals surface area contributed by atoms with Crippen LogP contribution in [0.5, 0.6) is 11.5 Å². The molecule has 0 aliphatic rings. The lowest BCUT2D eigenvalue weighted by Gasteiger charge is -2.12. The number of nitrogens with zero attached hydrogens (tertiary/aromatic N) is 3. The van der Waals surface area contributed by atoms with E-state index in [1.54, 1.807) is 36.4 Å². The van der Waals surface area contributed by atoms with Crippen molar-refractivity contribution in [2.24, 2.45) is 0 Å². The van der Waals surface area contributed by atoms with Crippen molar-refractivity contribution in [1.82, 2.24) is 20.2 Å². The second-order valence-electron chi connectivity index (χ2n) is 7.77. The van der Waals surface area contributed by atoms with Crippen LogP contribution in [0.15, 0.2) is 65.4 Å². The number of halogens is 1. The molecule has 3 aromatic carbocycles. The van der Waals surface area contributed by atoms with Gasteiger partial charge in [-0.1, -0.05) is 11.6 Å². The van der Waals surface area contributed by atoms with Gasteiger partial charge in [-0.25, -0.2) is 4.98 Å². The number of imidazole rings is 1. The average Bonchev–Trinajstić information content (AvgIpc) is 3.55. The molecule has 36 heavy (non-hydrogen) atoms. The maximum absolute atomic E-state index is 13.1. The minimum absolute atomic E-state index is 0.306. The molecule has 0 radical (unpaired) electrons. The molecule has 10 heteroatoms. The summed E-state index contributed by atoms with van der Waals surface area (Å²) < 4.78 is 16.4. The molecule has 0 atom stereocenters. The lowest BCUT2D eigenvalue weighted by atomic mass is 10.1. The zero-order chi connectivity index (χ0) is 25.1. The van der Waals surface area contributed by atoms with Gasteiger partial charge >= 0.3 is 0 Å². The van der Waals surface area contributed by atoms with E-state index in [9.17, 15) is 4.79 Å². The molecule has 0 spiro atoms. The molecule has 2 aromatic heterocycles. The van der Waals surface area contributed by atoms with Crippen molar-refractivity contribution in [3.63, 3.8) is 0 Å². The van der Waals surface area contributed by atoms with Gasteiger partial charge in [0, 0.05) is 28.4 Å². The fraction of sp³-hybridized carbons (Fsp3) is 0.154. The Balaban J connectivity index is 1.43. The number of anilines is 1. The van der Waals surface area contributed by atoms with Gasteiger partial charge < -0.3 is 24.2 Å². The molecule has 5 rings (SSSR count). The molecule has 9 nitrogen and oxygen atoms in total. The minimum atomic E-state index is -0.306. The standard InChI is InChI=1S/C26H22ClN5O4/c1-3-34-18-9-16(10-19(13-18)35-4-2)25(33)29-17-6-7-21(27)20(12-17)24-30-22-8-5-15(11-23(22)31-24)26-32-28-14-36-26/h5-14H,3-4H2,1-2H3,(H,29,33)(H,30,31). The first-order valence-electron chi connectivity index (χ1n) is 11.3. The minimum Gasteiger partial charge on any atom is -0.494 e. The smallest absolute Gasteiger partial charge is 0.255 e. The molecule has 0 bridgehead atoms. The fourth-order valence-corrected chi connectivity index (χ4v) is 3.97. The SMILES string of the molecule is CCOc1cc(OCC)cc(C(=O)Nc2ccc(Cl)c(-c3nc4ccc(-c5nnco5)cc4[nH]3)c2)c1. The normalized spacial score (nSPS) is 11.0. The van der Waals surface area contributed by atoms with E-state index in [1.165, 1.54) is 6.39 Å². The van der Waals surface area contributed by atoms with Crippen LogP contribution in [0.2, 0.25) is 5.02 Å². The number of aromatic amines is 1. The highest BCUT2D eigenvalue weighted by molar-refractivity contribution is 6.33. The number of nitrogens with one attached hydrogen (secondary N) is 2. The summed E-state index contributed by atoms with van der Waals surface area (Å²) in [4.78, 5) is 21.0. The molecular weight excluding hydrogens is 482 g/mol. The van der Waals surface area contributed by atoms with Gasteiger partial charge in [-0.05, 0) is 62.4 Å². The lowest BCUT2D eigenvalue weighted by molar-refractivity contribution is 0.102. The summed E-state index contributed by atoms with van der Waals surface area (Å²) in [6, 6.07) is 15.9. The highest BCUT2D eigenvalue weighted by Crippen LogP contribution is 2.32. The Kier molecular flexibility index (Phi) is 6.55. The number of amides is 1. The molecule has 1 amide bonds. The Morgan fingerprint density at radius 3 is 2.50 bits per heavy atom. The fourth-order valence-electron chi connectivity index (χ4n) is 3.76. The molecule has 0 saturated carbocycles. The van der Waals surface area contributed by atoms with Crippen LogP contribution in [-0.2, 0) is 0 Å². The number of aromatic nitrogens is 4. The number of H-pyrrole nitrogens is 1. The van der Waals surface area contributed by atoms with Crippen molar-refractivity contribution in [3.8, 4) is 34.3 Å². The predicted octanol–water partition coefficient (Wildman–Crippen LogP) is 5.98. The van der Waals surface area contributed by atoms with E-state index in [4.69, 9.17) is 25.5 Å². The lowest BCUT2D eigenvalue weighted by Crippen LogP contribution is -2.12. The Bertz CT molecular complexity index is 1510. The Hall–Kier alpha value is -4.37. The number of fused-ring (bicyclic) bond motifs is 1. The summed E-state index contributed by atoms with van der Waals surface area (Å²) in [7, 11) is 0. The van der Waals surface area contributed by atoms with Crippen LogP contribution in [0.1, 0.15) is 24.2 Å². The van der Waals surface area contributed by atoms with E-state index in [0.717, 1.165) is 16.6 Å². The van der Waals surface area contributed by atoms with Gasteiger partial charge in [-0.3, -0.25) is 4.79 Å². The third-order valence-corrected chi connectivity index (χ3v) is 5.66. The molecule has 0 aliphatic heterocycles. The number of hydrogen-bond donors (Lipinski definition) is 2. The summed E-state index contributed by atoms with van der Waals surface area (Å²) in [5, 5.41) is 11.1. The number of benzene rings is 3. The van der Waals surface area contributed by atoms with Crippen LogP contribution in [0.4, 0.5) is 5.69 Å². The number of hydrogen-bond acceptors (Lipinski definition) is 7. The summed E-state index contributed by atoms with van der Waals surface area (Å²) >= 11 is 6.50. The van der Waals surface area contributed by atoms with Gasteiger partial charge in [-0.15, -0.1) is 10.2 Å². The van der Waals surface area contributed by atoms with Crippen LogP contribution < -0.4 is 14.8 Å². The first-order chi connectivity index (χ1) is 17.5. The second kappa shape index (κ2) is 10.1. The van der Waals surface area contributed by atoms with Crippen molar-refractivity contribution in [3.05, 3.63) is 71.6 Å². The molecule has 5 aromatic rings. The van der Waals surface area contributed by atoms with Crippen LogP contribution >= 0.6 is 11.6 Å². The average molecular weight is 504 g/mol. The highest BCUT2D eigenvalue weighted by Gasteiger charge is 2.15. The quantitative estimate of drug-likeness (QED) is 0.267. The van der Waals surface area contributed by atoms with Crippen molar-refractivity contribution < 1.29 is 18.7 Å². The molecule has 182 valence electrons. The third-order valence-electron chi connectivity index (χ3n) is 5.33. The van der Waals surface area contributed by atoms with Gasteiger partial charge in [-0.2, -0.15) is 0 Å². The molecule has 2 N–H and O–H groups in total. The number of rotatable bonds is 8. The van der Waals surface area contributed by atoms with E-state index in [0.29, 0.717) is 58.3 Å². The number of ether oxygens (including phenoxy) is 2. The monoisotopic (exact) mass is 503 g/mol. The van der Waals surface area contributed by atoms with Crippen LogP contribution in [-0.4, -0.2) is 39.3 Å². The van der Waals surface area contributed by atoms with Crippen molar-refractivity contribution in [2.45, 2.75) is 13.8 Å². The highest BCUT2D eigenvalue weighted by atomic mass is 35.5. The maximum atomic E-state index is 13.1. The molecule has 0 unspecified atom stereocenters. The Morgan fingerprint density at radius 2 is 1.81 bits per heavy atom. The predicted molar refractivity (Wildman–Crippen MR) is 137 cm³/mol.